The van der Waals surface area contributed by atoms with Crippen molar-refractivity contribution in [1.82, 2.24) is 0 Å². The van der Waals surface area contributed by atoms with E-state index >= 15 is 0 Å². The smallest absolute Gasteiger partial charge is 0.256 e. The van der Waals surface area contributed by atoms with Crippen molar-refractivity contribution in [2.24, 2.45) is 0 Å². The molecule has 1 aliphatic heterocycles. The predicted octanol–water partition coefficient (Wildman–Crippen LogP) is 3.14. The molecule has 2 aromatic rings. The summed E-state index contributed by atoms with van der Waals surface area (Å²) < 4.78 is 0. The lowest BCUT2D eigenvalue weighted by atomic mass is 10.0. The standard InChI is InChI=1S/C17H14N2O2/c1-11(20)18-13-8-6-12(7-9-13)10-15-14-4-2-3-5-16(14)19-17(15)21/h2-10H,1H3,(H,18,20)(H,19,21)/b15-10-. The Labute approximate surface area is 122 Å². The fourth-order valence-electron chi connectivity index (χ4n) is 2.31. The van der Waals surface area contributed by atoms with Crippen molar-refractivity contribution in [2.75, 3.05) is 10.6 Å². The van der Waals surface area contributed by atoms with Crippen molar-refractivity contribution in [3.8, 4) is 0 Å². The van der Waals surface area contributed by atoms with E-state index in [9.17, 15) is 9.59 Å². The number of fused-ring (bicyclic) bond motifs is 1. The Bertz CT molecular complexity index is 746. The largest absolute Gasteiger partial charge is 0.326 e. The number of nitrogens with one attached hydrogen (secondary N) is 2. The van der Waals surface area contributed by atoms with Crippen LogP contribution in [0.5, 0.6) is 0 Å². The highest BCUT2D eigenvalue weighted by Gasteiger charge is 2.23. The average molecular weight is 278 g/mol. The fraction of sp³-hybridized carbons (Fsp3) is 0.0588. The molecule has 3 rings (SSSR count). The Hall–Kier alpha value is -2.88. The van der Waals surface area contributed by atoms with Crippen LogP contribution in [0, 0.1) is 0 Å². The molecular formula is C17H14N2O2. The lowest BCUT2D eigenvalue weighted by molar-refractivity contribution is -0.114. The van der Waals surface area contributed by atoms with Gasteiger partial charge in [-0.2, -0.15) is 0 Å². The molecule has 104 valence electrons. The first kappa shape index (κ1) is 13.1. The maximum absolute atomic E-state index is 12.0. The van der Waals surface area contributed by atoms with E-state index in [1.54, 1.807) is 0 Å². The van der Waals surface area contributed by atoms with E-state index in [4.69, 9.17) is 0 Å². The van der Waals surface area contributed by atoms with Crippen molar-refractivity contribution in [1.29, 1.82) is 0 Å². The summed E-state index contributed by atoms with van der Waals surface area (Å²) in [5, 5.41) is 5.55. The highest BCUT2D eigenvalue weighted by molar-refractivity contribution is 6.34. The topological polar surface area (TPSA) is 58.2 Å². The third-order valence-corrected chi connectivity index (χ3v) is 3.25. The molecule has 0 fully saturated rings. The molecule has 4 nitrogen and oxygen atoms in total. The van der Waals surface area contributed by atoms with Crippen molar-refractivity contribution in [2.45, 2.75) is 6.92 Å². The Balaban J connectivity index is 1.91. The monoisotopic (exact) mass is 278 g/mol. The first-order valence-corrected chi connectivity index (χ1v) is 6.63. The van der Waals surface area contributed by atoms with Crippen LogP contribution in [-0.4, -0.2) is 11.8 Å². The second-order valence-corrected chi connectivity index (χ2v) is 4.86. The third-order valence-electron chi connectivity index (χ3n) is 3.25. The molecule has 2 aromatic carbocycles. The Morgan fingerprint density at radius 2 is 1.81 bits per heavy atom. The molecule has 1 heterocycles. The first-order chi connectivity index (χ1) is 10.1. The second kappa shape index (κ2) is 5.25. The van der Waals surface area contributed by atoms with Crippen molar-refractivity contribution < 1.29 is 9.59 Å². The van der Waals surface area contributed by atoms with Crippen LogP contribution in [0.4, 0.5) is 11.4 Å². The molecule has 2 amide bonds. The van der Waals surface area contributed by atoms with Gasteiger partial charge in [-0.15, -0.1) is 0 Å². The summed E-state index contributed by atoms with van der Waals surface area (Å²) >= 11 is 0. The van der Waals surface area contributed by atoms with E-state index in [1.165, 1.54) is 6.92 Å². The van der Waals surface area contributed by atoms with Gasteiger partial charge in [0.1, 0.15) is 0 Å². The second-order valence-electron chi connectivity index (χ2n) is 4.86. The number of rotatable bonds is 2. The zero-order chi connectivity index (χ0) is 14.8. The van der Waals surface area contributed by atoms with E-state index < -0.39 is 0 Å². The highest BCUT2D eigenvalue weighted by Crippen LogP contribution is 2.32. The first-order valence-electron chi connectivity index (χ1n) is 6.63. The maximum Gasteiger partial charge on any atom is 0.256 e. The average Bonchev–Trinajstić information content (AvgIpc) is 2.77. The van der Waals surface area contributed by atoms with E-state index in [2.05, 4.69) is 10.6 Å². The molecule has 0 radical (unpaired) electrons. The van der Waals surface area contributed by atoms with Crippen LogP contribution >= 0.6 is 0 Å². The summed E-state index contributed by atoms with van der Waals surface area (Å²) in [6.45, 7) is 1.47. The van der Waals surface area contributed by atoms with E-state index in [-0.39, 0.29) is 11.8 Å². The van der Waals surface area contributed by atoms with Crippen LogP contribution < -0.4 is 10.6 Å². The Morgan fingerprint density at radius 1 is 1.10 bits per heavy atom. The van der Waals surface area contributed by atoms with Gasteiger partial charge in [-0.05, 0) is 29.8 Å². The van der Waals surface area contributed by atoms with E-state index in [1.807, 2.05) is 54.6 Å². The van der Waals surface area contributed by atoms with E-state index in [0.717, 1.165) is 22.5 Å². The molecule has 0 unspecified atom stereocenters. The SMILES string of the molecule is CC(=O)Nc1ccc(/C=C2\C(=O)Nc3ccccc32)cc1. The molecule has 4 heteroatoms. The molecule has 0 aromatic heterocycles. The van der Waals surface area contributed by atoms with Gasteiger partial charge in [0.05, 0.1) is 0 Å². The van der Waals surface area contributed by atoms with Gasteiger partial charge < -0.3 is 10.6 Å². The van der Waals surface area contributed by atoms with Crippen molar-refractivity contribution in [3.05, 3.63) is 59.7 Å². The van der Waals surface area contributed by atoms with Crippen LogP contribution in [0.1, 0.15) is 18.1 Å². The Morgan fingerprint density at radius 3 is 2.52 bits per heavy atom. The lowest BCUT2D eigenvalue weighted by Crippen LogP contribution is -2.05. The number of anilines is 2. The number of carbonyl (C=O) groups excluding carboxylic acids is 2. The van der Waals surface area contributed by atoms with Gasteiger partial charge in [-0.3, -0.25) is 9.59 Å². The minimum Gasteiger partial charge on any atom is -0.326 e. The number of benzene rings is 2. The third kappa shape index (κ3) is 2.69. The number of hydrogen-bond donors (Lipinski definition) is 2. The van der Waals surface area contributed by atoms with Crippen LogP contribution in [0.25, 0.3) is 11.6 Å². The minimum atomic E-state index is -0.106. The molecule has 0 bridgehead atoms. The number of para-hydroxylation sites is 1. The van der Waals surface area contributed by atoms with Gasteiger partial charge in [0, 0.05) is 29.4 Å². The number of amides is 2. The molecular weight excluding hydrogens is 264 g/mol. The van der Waals surface area contributed by atoms with Crippen molar-refractivity contribution in [3.63, 3.8) is 0 Å². The van der Waals surface area contributed by atoms with Gasteiger partial charge in [-0.1, -0.05) is 30.3 Å². The van der Waals surface area contributed by atoms with Gasteiger partial charge >= 0.3 is 0 Å². The summed E-state index contributed by atoms with van der Waals surface area (Å²) in [5.41, 5.74) is 4.04. The molecule has 0 aliphatic carbocycles. The summed E-state index contributed by atoms with van der Waals surface area (Å²) in [7, 11) is 0. The van der Waals surface area contributed by atoms with E-state index in [0.29, 0.717) is 5.57 Å². The number of hydrogen-bond acceptors (Lipinski definition) is 2. The fourth-order valence-corrected chi connectivity index (χ4v) is 2.31. The normalized spacial score (nSPS) is 14.7. The maximum atomic E-state index is 12.0. The molecule has 0 saturated heterocycles. The van der Waals surface area contributed by atoms with Crippen molar-refractivity contribution >= 4 is 34.8 Å². The number of carbonyl (C=O) groups is 2. The van der Waals surface area contributed by atoms with Crippen LogP contribution in [0.2, 0.25) is 0 Å². The Kier molecular flexibility index (Phi) is 3.28. The summed E-state index contributed by atoms with van der Waals surface area (Å²) in [6.07, 6.45) is 1.85. The van der Waals surface area contributed by atoms with Gasteiger partial charge in [-0.25, -0.2) is 0 Å². The molecule has 0 saturated carbocycles. The van der Waals surface area contributed by atoms with Crippen LogP contribution in [0.15, 0.2) is 48.5 Å². The van der Waals surface area contributed by atoms with Crippen LogP contribution in [0.3, 0.4) is 0 Å². The zero-order valence-corrected chi connectivity index (χ0v) is 11.5. The summed E-state index contributed by atoms with van der Waals surface area (Å²) in [6, 6.07) is 15.0. The van der Waals surface area contributed by atoms with Gasteiger partial charge in [0.25, 0.3) is 5.91 Å². The molecule has 0 atom stereocenters. The van der Waals surface area contributed by atoms with Gasteiger partial charge in [0.2, 0.25) is 5.91 Å². The summed E-state index contributed by atoms with van der Waals surface area (Å²) in [4.78, 5) is 23.0. The summed E-state index contributed by atoms with van der Waals surface area (Å²) in [5.74, 6) is -0.202. The predicted molar refractivity (Wildman–Crippen MR) is 83.7 cm³/mol. The lowest BCUT2D eigenvalue weighted by Gasteiger charge is -2.02. The minimum absolute atomic E-state index is 0.0952. The highest BCUT2D eigenvalue weighted by atomic mass is 16.2. The molecule has 1 aliphatic rings. The molecule has 2 N–H and O–H groups in total. The molecule has 0 spiro atoms. The molecule has 21 heavy (non-hydrogen) atoms. The van der Waals surface area contributed by atoms with Gasteiger partial charge in [0.15, 0.2) is 0 Å². The van der Waals surface area contributed by atoms with Crippen LogP contribution in [-0.2, 0) is 9.59 Å². The zero-order valence-electron chi connectivity index (χ0n) is 11.5. The quantitative estimate of drug-likeness (QED) is 0.829.